The van der Waals surface area contributed by atoms with E-state index in [0.29, 0.717) is 5.56 Å². The van der Waals surface area contributed by atoms with Crippen LogP contribution < -0.4 is 0 Å². The van der Waals surface area contributed by atoms with Gasteiger partial charge in [-0.2, -0.15) is 0 Å². The molecule has 9 nitrogen and oxygen atoms in total. The van der Waals surface area contributed by atoms with E-state index in [0.717, 1.165) is 4.90 Å². The van der Waals surface area contributed by atoms with Gasteiger partial charge in [0.2, 0.25) is 0 Å². The van der Waals surface area contributed by atoms with Crippen molar-refractivity contribution in [3.8, 4) is 5.75 Å². The molecule has 136 valence electrons. The summed E-state index contributed by atoms with van der Waals surface area (Å²) in [5.74, 6) is -1.14. The second-order valence-corrected chi connectivity index (χ2v) is 6.68. The molecule has 1 heterocycles. The first-order chi connectivity index (χ1) is 11.5. The minimum absolute atomic E-state index is 0.0301. The van der Waals surface area contributed by atoms with Gasteiger partial charge in [-0.1, -0.05) is 6.07 Å². The number of aromatic hydroxyl groups is 1. The van der Waals surface area contributed by atoms with E-state index in [2.05, 4.69) is 0 Å². The minimum Gasteiger partial charge on any atom is -0.502 e. The third-order valence-electron chi connectivity index (χ3n) is 3.76. The molecule has 0 saturated heterocycles. The number of methoxy groups -OCH3 is 1. The Morgan fingerprint density at radius 2 is 2.00 bits per heavy atom. The first-order valence-corrected chi connectivity index (χ1v) is 7.60. The third kappa shape index (κ3) is 3.81. The lowest BCUT2D eigenvalue weighted by Crippen LogP contribution is -2.50. The van der Waals surface area contributed by atoms with Gasteiger partial charge in [-0.3, -0.25) is 15.0 Å². The van der Waals surface area contributed by atoms with Crippen molar-refractivity contribution in [1.82, 2.24) is 4.90 Å². The SMILES string of the molecule is COC(=O)[C@@H]1Cc2ccc(O)c([N+](=O)[O-])c2CN1C(=O)OC(C)(C)C. The molecule has 0 aromatic heterocycles. The van der Waals surface area contributed by atoms with E-state index < -0.39 is 40.1 Å². The van der Waals surface area contributed by atoms with E-state index >= 15 is 0 Å². The van der Waals surface area contributed by atoms with Gasteiger partial charge < -0.3 is 14.6 Å². The number of carbonyl (C=O) groups is 2. The largest absolute Gasteiger partial charge is 0.502 e. The Morgan fingerprint density at radius 3 is 2.52 bits per heavy atom. The van der Waals surface area contributed by atoms with Crippen molar-refractivity contribution in [2.24, 2.45) is 0 Å². The van der Waals surface area contributed by atoms with Crippen LogP contribution in [0.3, 0.4) is 0 Å². The zero-order valence-corrected chi connectivity index (χ0v) is 14.4. The standard InChI is InChI=1S/C16H20N2O7/c1-16(2,3)25-15(21)17-8-10-9(7-11(17)14(20)24-4)5-6-12(19)13(10)18(22)23/h5-6,11,19H,7-8H2,1-4H3/t11-/m0/s1. The maximum absolute atomic E-state index is 12.5. The average molecular weight is 352 g/mol. The van der Waals surface area contributed by atoms with E-state index in [4.69, 9.17) is 9.47 Å². The summed E-state index contributed by atoms with van der Waals surface area (Å²) in [5, 5.41) is 21.1. The monoisotopic (exact) mass is 352 g/mol. The molecule has 0 fully saturated rings. The number of hydrogen-bond donors (Lipinski definition) is 1. The lowest BCUT2D eigenvalue weighted by Gasteiger charge is -2.35. The smallest absolute Gasteiger partial charge is 0.411 e. The van der Waals surface area contributed by atoms with Crippen LogP contribution in [0.2, 0.25) is 0 Å². The molecule has 0 spiro atoms. The first-order valence-electron chi connectivity index (χ1n) is 7.60. The zero-order valence-electron chi connectivity index (χ0n) is 14.4. The predicted octanol–water partition coefficient (Wildman–Crippen LogP) is 2.14. The fourth-order valence-electron chi connectivity index (χ4n) is 2.70. The average Bonchev–Trinajstić information content (AvgIpc) is 2.50. The molecular formula is C16H20N2O7. The second kappa shape index (κ2) is 6.58. The van der Waals surface area contributed by atoms with Gasteiger partial charge in [-0.15, -0.1) is 0 Å². The van der Waals surface area contributed by atoms with Crippen LogP contribution in [-0.4, -0.2) is 45.7 Å². The van der Waals surface area contributed by atoms with Crippen LogP contribution in [0.1, 0.15) is 31.9 Å². The van der Waals surface area contributed by atoms with Crippen LogP contribution in [0.4, 0.5) is 10.5 Å². The van der Waals surface area contributed by atoms with E-state index in [-0.39, 0.29) is 18.5 Å². The Morgan fingerprint density at radius 1 is 1.36 bits per heavy atom. The number of ether oxygens (including phenoxy) is 2. The van der Waals surface area contributed by atoms with Crippen molar-refractivity contribution in [1.29, 1.82) is 0 Å². The zero-order chi connectivity index (χ0) is 18.9. The van der Waals surface area contributed by atoms with Gasteiger partial charge >= 0.3 is 17.7 Å². The van der Waals surface area contributed by atoms with Gasteiger partial charge in [-0.25, -0.2) is 9.59 Å². The number of amides is 1. The van der Waals surface area contributed by atoms with Crippen molar-refractivity contribution in [3.63, 3.8) is 0 Å². The van der Waals surface area contributed by atoms with Crippen LogP contribution in [0.15, 0.2) is 12.1 Å². The molecule has 1 aliphatic heterocycles. The molecule has 1 atom stereocenters. The molecule has 0 bridgehead atoms. The summed E-state index contributed by atoms with van der Waals surface area (Å²) < 4.78 is 10.0. The summed E-state index contributed by atoms with van der Waals surface area (Å²) in [6.07, 6.45) is -0.756. The minimum atomic E-state index is -0.962. The number of rotatable bonds is 2. The molecule has 1 aromatic rings. The van der Waals surface area contributed by atoms with Crippen LogP contribution in [0.5, 0.6) is 5.75 Å². The fraction of sp³-hybridized carbons (Fsp3) is 0.500. The fourth-order valence-corrected chi connectivity index (χ4v) is 2.70. The number of hydrogen-bond acceptors (Lipinski definition) is 7. The molecular weight excluding hydrogens is 332 g/mol. The quantitative estimate of drug-likeness (QED) is 0.492. The normalized spacial score (nSPS) is 16.8. The molecule has 9 heteroatoms. The Kier molecular flexibility index (Phi) is 4.87. The molecule has 0 aliphatic carbocycles. The van der Waals surface area contributed by atoms with Crippen molar-refractivity contribution in [3.05, 3.63) is 33.4 Å². The molecule has 1 amide bonds. The van der Waals surface area contributed by atoms with Gasteiger partial charge in [0.05, 0.1) is 24.1 Å². The van der Waals surface area contributed by atoms with Crippen molar-refractivity contribution >= 4 is 17.7 Å². The lowest BCUT2D eigenvalue weighted by atomic mass is 9.92. The van der Waals surface area contributed by atoms with Gasteiger partial charge in [-0.05, 0) is 32.4 Å². The van der Waals surface area contributed by atoms with Gasteiger partial charge in [0, 0.05) is 6.42 Å². The number of esters is 1. The Labute approximate surface area is 144 Å². The van der Waals surface area contributed by atoms with E-state index in [1.54, 1.807) is 20.8 Å². The Bertz CT molecular complexity index is 724. The van der Waals surface area contributed by atoms with Gasteiger partial charge in [0.15, 0.2) is 5.75 Å². The van der Waals surface area contributed by atoms with Crippen LogP contribution in [-0.2, 0) is 27.2 Å². The topological polar surface area (TPSA) is 119 Å². The predicted molar refractivity (Wildman–Crippen MR) is 86.0 cm³/mol. The van der Waals surface area contributed by atoms with Crippen LogP contribution in [0, 0.1) is 10.1 Å². The molecule has 1 N–H and O–H groups in total. The summed E-state index contributed by atoms with van der Waals surface area (Å²) in [4.78, 5) is 36.2. The number of carbonyl (C=O) groups excluding carboxylic acids is 2. The third-order valence-corrected chi connectivity index (χ3v) is 3.76. The van der Waals surface area contributed by atoms with Crippen molar-refractivity contribution in [2.75, 3.05) is 7.11 Å². The number of phenolic OH excluding ortho intramolecular Hbond substituents is 1. The van der Waals surface area contributed by atoms with Gasteiger partial charge in [0.1, 0.15) is 11.6 Å². The highest BCUT2D eigenvalue weighted by Crippen LogP contribution is 2.37. The van der Waals surface area contributed by atoms with Crippen molar-refractivity contribution < 1.29 is 29.1 Å². The number of nitrogens with zero attached hydrogens (tertiary/aromatic N) is 2. The highest BCUT2D eigenvalue weighted by molar-refractivity contribution is 5.83. The molecule has 2 rings (SSSR count). The summed E-state index contributed by atoms with van der Waals surface area (Å²) in [6, 6.07) is 1.74. The molecule has 0 saturated carbocycles. The molecule has 1 aromatic carbocycles. The van der Waals surface area contributed by atoms with Crippen molar-refractivity contribution in [2.45, 2.75) is 45.4 Å². The molecule has 0 radical (unpaired) electrons. The second-order valence-electron chi connectivity index (χ2n) is 6.68. The maximum atomic E-state index is 12.5. The first kappa shape index (κ1) is 18.5. The number of benzene rings is 1. The summed E-state index contributed by atoms with van der Waals surface area (Å²) in [6.45, 7) is 4.77. The number of phenols is 1. The van der Waals surface area contributed by atoms with Crippen LogP contribution in [0.25, 0.3) is 0 Å². The number of nitro groups is 1. The lowest BCUT2D eigenvalue weighted by molar-refractivity contribution is -0.386. The van der Waals surface area contributed by atoms with Crippen LogP contribution >= 0.6 is 0 Å². The van der Waals surface area contributed by atoms with E-state index in [9.17, 15) is 24.8 Å². The molecule has 25 heavy (non-hydrogen) atoms. The highest BCUT2D eigenvalue weighted by atomic mass is 16.6. The Balaban J connectivity index is 2.49. The van der Waals surface area contributed by atoms with E-state index in [1.807, 2.05) is 0 Å². The van der Waals surface area contributed by atoms with E-state index in [1.165, 1.54) is 19.2 Å². The number of fused-ring (bicyclic) bond motifs is 1. The maximum Gasteiger partial charge on any atom is 0.411 e. The summed E-state index contributed by atoms with van der Waals surface area (Å²) >= 11 is 0. The molecule has 1 aliphatic rings. The highest BCUT2D eigenvalue weighted by Gasteiger charge is 2.40. The van der Waals surface area contributed by atoms with Gasteiger partial charge in [0.25, 0.3) is 0 Å². The number of nitro benzene ring substituents is 1. The summed E-state index contributed by atoms with van der Waals surface area (Å²) in [5.41, 5.74) is -0.604. The Hall–Kier alpha value is -2.84. The molecule has 0 unspecified atom stereocenters. The summed E-state index contributed by atoms with van der Waals surface area (Å²) in [7, 11) is 1.20.